The molecule has 32 heavy (non-hydrogen) atoms. The SMILES string of the molecule is CN(C)CC(NC(=O)C1CCN(c2oc(-c3ccco3)nc2C#N)CC1)c1ccccc1. The second-order valence-electron chi connectivity index (χ2n) is 8.26. The quantitative estimate of drug-likeness (QED) is 0.609. The van der Waals surface area contributed by atoms with Crippen molar-refractivity contribution in [2.45, 2.75) is 18.9 Å². The molecular formula is C24H27N5O3. The highest BCUT2D eigenvalue weighted by Crippen LogP contribution is 2.31. The average Bonchev–Trinajstić information content (AvgIpc) is 3.49. The van der Waals surface area contributed by atoms with Crippen LogP contribution in [-0.4, -0.2) is 49.5 Å². The van der Waals surface area contributed by atoms with E-state index < -0.39 is 0 Å². The molecule has 0 aliphatic carbocycles. The number of benzene rings is 1. The van der Waals surface area contributed by atoms with E-state index in [1.165, 1.54) is 6.26 Å². The van der Waals surface area contributed by atoms with Crippen molar-refractivity contribution in [3.05, 3.63) is 60.0 Å². The Balaban J connectivity index is 1.40. The number of furan rings is 1. The largest absolute Gasteiger partial charge is 0.459 e. The zero-order valence-corrected chi connectivity index (χ0v) is 18.3. The van der Waals surface area contributed by atoms with Gasteiger partial charge in [0.1, 0.15) is 6.07 Å². The Morgan fingerprint density at radius 2 is 2.00 bits per heavy atom. The predicted molar refractivity (Wildman–Crippen MR) is 120 cm³/mol. The van der Waals surface area contributed by atoms with E-state index in [1.54, 1.807) is 12.1 Å². The number of nitrogens with zero attached hydrogens (tertiary/aromatic N) is 4. The fourth-order valence-corrected chi connectivity index (χ4v) is 4.02. The molecule has 1 aliphatic heterocycles. The first-order valence-corrected chi connectivity index (χ1v) is 10.7. The van der Waals surface area contributed by atoms with Crippen molar-refractivity contribution in [2.24, 2.45) is 5.92 Å². The standard InChI is InChI=1S/C24H27N5O3/c1-28(2)16-20(17-7-4-3-5-8-17)26-22(30)18-10-12-29(13-11-18)24-19(15-25)27-23(32-24)21-9-6-14-31-21/h3-9,14,18,20H,10-13,16H2,1-2H3,(H,26,30). The zero-order chi connectivity index (χ0) is 22.5. The van der Waals surface area contributed by atoms with Crippen LogP contribution in [0.2, 0.25) is 0 Å². The molecule has 1 amide bonds. The highest BCUT2D eigenvalue weighted by molar-refractivity contribution is 5.79. The van der Waals surface area contributed by atoms with Crippen LogP contribution in [-0.2, 0) is 4.79 Å². The van der Waals surface area contributed by atoms with E-state index in [9.17, 15) is 10.1 Å². The predicted octanol–water partition coefficient (Wildman–Crippen LogP) is 3.44. The minimum absolute atomic E-state index is 0.0629. The molecule has 2 aromatic heterocycles. The van der Waals surface area contributed by atoms with Gasteiger partial charge in [-0.3, -0.25) is 4.79 Å². The number of amides is 1. The maximum atomic E-state index is 13.0. The number of nitrogens with one attached hydrogen (secondary N) is 1. The maximum absolute atomic E-state index is 13.0. The molecule has 1 unspecified atom stereocenters. The third-order valence-corrected chi connectivity index (χ3v) is 5.67. The van der Waals surface area contributed by atoms with Crippen LogP contribution in [0.4, 0.5) is 5.88 Å². The molecule has 1 atom stereocenters. The molecule has 0 saturated carbocycles. The minimum Gasteiger partial charge on any atom is -0.459 e. The normalized spacial score (nSPS) is 15.5. The molecule has 1 fully saturated rings. The van der Waals surface area contributed by atoms with Gasteiger partial charge >= 0.3 is 0 Å². The molecule has 1 aliphatic rings. The van der Waals surface area contributed by atoms with Crippen molar-refractivity contribution in [3.63, 3.8) is 0 Å². The van der Waals surface area contributed by atoms with Gasteiger partial charge in [0.25, 0.3) is 5.89 Å². The summed E-state index contributed by atoms with van der Waals surface area (Å²) >= 11 is 0. The first-order valence-electron chi connectivity index (χ1n) is 10.7. The molecule has 0 radical (unpaired) electrons. The van der Waals surface area contributed by atoms with Gasteiger partial charge in [0.2, 0.25) is 17.5 Å². The summed E-state index contributed by atoms with van der Waals surface area (Å²) in [6.07, 6.45) is 2.89. The lowest BCUT2D eigenvalue weighted by Crippen LogP contribution is -2.43. The number of oxazole rings is 1. The van der Waals surface area contributed by atoms with Crippen LogP contribution in [0.3, 0.4) is 0 Å². The fourth-order valence-electron chi connectivity index (χ4n) is 4.02. The van der Waals surface area contributed by atoms with E-state index in [0.29, 0.717) is 37.6 Å². The van der Waals surface area contributed by atoms with Gasteiger partial charge in [-0.15, -0.1) is 0 Å². The number of likely N-dealkylation sites (N-methyl/N-ethyl adjacent to an activating group) is 1. The van der Waals surface area contributed by atoms with Gasteiger partial charge in [-0.25, -0.2) is 0 Å². The van der Waals surface area contributed by atoms with Crippen molar-refractivity contribution in [1.29, 1.82) is 5.26 Å². The molecule has 8 heteroatoms. The van der Waals surface area contributed by atoms with Crippen LogP contribution >= 0.6 is 0 Å². The summed E-state index contributed by atoms with van der Waals surface area (Å²) in [6, 6.07) is 15.6. The van der Waals surface area contributed by atoms with Gasteiger partial charge in [-0.1, -0.05) is 30.3 Å². The average molecular weight is 434 g/mol. The summed E-state index contributed by atoms with van der Waals surface area (Å²) in [7, 11) is 4.00. The maximum Gasteiger partial charge on any atom is 0.266 e. The number of aromatic nitrogens is 1. The smallest absolute Gasteiger partial charge is 0.266 e. The topological polar surface area (TPSA) is 98.5 Å². The molecule has 3 aromatic rings. The van der Waals surface area contributed by atoms with Crippen molar-refractivity contribution >= 4 is 11.8 Å². The second-order valence-corrected chi connectivity index (χ2v) is 8.26. The second kappa shape index (κ2) is 9.71. The molecular weight excluding hydrogens is 406 g/mol. The molecule has 0 bridgehead atoms. The van der Waals surface area contributed by atoms with Gasteiger partial charge in [-0.2, -0.15) is 10.2 Å². The Morgan fingerprint density at radius 1 is 1.25 bits per heavy atom. The number of hydrogen-bond acceptors (Lipinski definition) is 7. The Hall–Kier alpha value is -3.57. The summed E-state index contributed by atoms with van der Waals surface area (Å²) in [5.41, 5.74) is 1.33. The molecule has 0 spiro atoms. The molecule has 1 saturated heterocycles. The summed E-state index contributed by atoms with van der Waals surface area (Å²) < 4.78 is 11.2. The van der Waals surface area contributed by atoms with E-state index in [-0.39, 0.29) is 29.5 Å². The van der Waals surface area contributed by atoms with E-state index in [2.05, 4.69) is 21.3 Å². The van der Waals surface area contributed by atoms with Crippen LogP contribution in [0.1, 0.15) is 30.1 Å². The number of nitriles is 1. The summed E-state index contributed by atoms with van der Waals surface area (Å²) in [5.74, 6) is 1.19. The summed E-state index contributed by atoms with van der Waals surface area (Å²) in [4.78, 5) is 21.4. The number of piperidine rings is 1. The number of rotatable bonds is 7. The third kappa shape index (κ3) is 4.84. The van der Waals surface area contributed by atoms with Gasteiger partial charge in [0.05, 0.1) is 12.3 Å². The molecule has 3 heterocycles. The van der Waals surface area contributed by atoms with Gasteiger partial charge in [0.15, 0.2) is 5.76 Å². The van der Waals surface area contributed by atoms with Crippen LogP contribution in [0.15, 0.2) is 57.6 Å². The van der Waals surface area contributed by atoms with E-state index in [1.807, 2.05) is 49.3 Å². The molecule has 8 nitrogen and oxygen atoms in total. The summed E-state index contributed by atoms with van der Waals surface area (Å²) in [5, 5.41) is 12.7. The third-order valence-electron chi connectivity index (χ3n) is 5.67. The monoisotopic (exact) mass is 433 g/mol. The Morgan fingerprint density at radius 3 is 2.62 bits per heavy atom. The van der Waals surface area contributed by atoms with Gasteiger partial charge in [0, 0.05) is 25.6 Å². The van der Waals surface area contributed by atoms with Crippen LogP contribution in [0.25, 0.3) is 11.7 Å². The van der Waals surface area contributed by atoms with Crippen molar-refractivity contribution in [2.75, 3.05) is 38.6 Å². The van der Waals surface area contributed by atoms with Crippen LogP contribution < -0.4 is 10.2 Å². The first-order chi connectivity index (χ1) is 15.5. The number of carbonyl (C=O) groups excluding carboxylic acids is 1. The fraction of sp³-hybridized carbons (Fsp3) is 0.375. The molecule has 166 valence electrons. The van der Waals surface area contributed by atoms with E-state index in [4.69, 9.17) is 8.83 Å². The first kappa shape index (κ1) is 21.7. The number of anilines is 1. The molecule has 1 aromatic carbocycles. The number of hydrogen-bond donors (Lipinski definition) is 1. The highest BCUT2D eigenvalue weighted by Gasteiger charge is 2.30. The molecule has 1 N–H and O–H groups in total. The minimum atomic E-state index is -0.0855. The Kier molecular flexibility index (Phi) is 6.57. The van der Waals surface area contributed by atoms with Crippen LogP contribution in [0.5, 0.6) is 0 Å². The van der Waals surface area contributed by atoms with Crippen LogP contribution in [0, 0.1) is 17.2 Å². The highest BCUT2D eigenvalue weighted by atomic mass is 16.4. The van der Waals surface area contributed by atoms with Gasteiger partial charge < -0.3 is 24.0 Å². The Labute approximate surface area is 187 Å². The molecule has 4 rings (SSSR count). The lowest BCUT2D eigenvalue weighted by Gasteiger charge is -2.32. The van der Waals surface area contributed by atoms with E-state index in [0.717, 1.165) is 12.1 Å². The van der Waals surface area contributed by atoms with Crippen molar-refractivity contribution in [1.82, 2.24) is 15.2 Å². The van der Waals surface area contributed by atoms with Crippen molar-refractivity contribution < 1.29 is 13.6 Å². The van der Waals surface area contributed by atoms with E-state index >= 15 is 0 Å². The van der Waals surface area contributed by atoms with Crippen molar-refractivity contribution in [3.8, 4) is 17.7 Å². The number of carbonyl (C=O) groups is 1. The lowest BCUT2D eigenvalue weighted by molar-refractivity contribution is -0.126. The zero-order valence-electron chi connectivity index (χ0n) is 18.3. The lowest BCUT2D eigenvalue weighted by atomic mass is 9.95. The van der Waals surface area contributed by atoms with Gasteiger partial charge in [-0.05, 0) is 44.6 Å². The Bertz CT molecular complexity index is 1060. The summed E-state index contributed by atoms with van der Waals surface area (Å²) in [6.45, 7) is 1.96.